The predicted molar refractivity (Wildman–Crippen MR) is 56.7 cm³/mol. The van der Waals surface area contributed by atoms with E-state index in [-0.39, 0.29) is 29.9 Å². The second kappa shape index (κ2) is 4.09. The Balaban J connectivity index is 2.09. The molecule has 0 bridgehead atoms. The summed E-state index contributed by atoms with van der Waals surface area (Å²) in [6.45, 7) is 4.99. The van der Waals surface area contributed by atoms with Gasteiger partial charge in [0, 0.05) is 13.1 Å². The van der Waals surface area contributed by atoms with Crippen LogP contribution >= 0.6 is 0 Å². The topological polar surface area (TPSA) is 97.1 Å². The summed E-state index contributed by atoms with van der Waals surface area (Å²) >= 11 is 0. The van der Waals surface area contributed by atoms with E-state index in [4.69, 9.17) is 10.5 Å². The molecule has 0 aromatic carbocycles. The highest BCUT2D eigenvalue weighted by atomic mass is 16.5. The lowest BCUT2D eigenvalue weighted by atomic mass is 10.2. The van der Waals surface area contributed by atoms with Crippen molar-refractivity contribution >= 4 is 11.9 Å². The molecule has 1 fully saturated rings. The average molecular weight is 225 g/mol. The number of nitrogens with one attached hydrogen (secondary N) is 1. The molecule has 0 saturated carbocycles. The highest BCUT2D eigenvalue weighted by molar-refractivity contribution is 5.90. The summed E-state index contributed by atoms with van der Waals surface area (Å²) in [4.78, 5) is 17.5. The zero-order valence-electron chi connectivity index (χ0n) is 9.30. The van der Waals surface area contributed by atoms with Crippen molar-refractivity contribution < 1.29 is 9.53 Å². The van der Waals surface area contributed by atoms with Crippen LogP contribution in [0.4, 0.5) is 5.95 Å². The number of hydrogen-bond donors (Lipinski definition) is 2. The Bertz CT molecular complexity index is 381. The monoisotopic (exact) mass is 225 g/mol. The fourth-order valence-corrected chi connectivity index (χ4v) is 1.86. The third kappa shape index (κ3) is 2.13. The summed E-state index contributed by atoms with van der Waals surface area (Å²) in [7, 11) is 0. The molecular weight excluding hydrogens is 210 g/mol. The van der Waals surface area contributed by atoms with Crippen molar-refractivity contribution in [3.8, 4) is 0 Å². The summed E-state index contributed by atoms with van der Waals surface area (Å²) in [5.41, 5.74) is 5.35. The number of anilines is 1. The Morgan fingerprint density at radius 2 is 2.12 bits per heavy atom. The summed E-state index contributed by atoms with van der Waals surface area (Å²) < 4.78 is 5.54. The van der Waals surface area contributed by atoms with Crippen LogP contribution in [0.2, 0.25) is 0 Å². The van der Waals surface area contributed by atoms with Crippen LogP contribution < -0.4 is 5.73 Å². The van der Waals surface area contributed by atoms with Crippen LogP contribution in [0.5, 0.6) is 0 Å². The van der Waals surface area contributed by atoms with E-state index in [1.165, 1.54) is 0 Å². The van der Waals surface area contributed by atoms with Crippen LogP contribution in [0.3, 0.4) is 0 Å². The largest absolute Gasteiger partial charge is 0.372 e. The van der Waals surface area contributed by atoms with Crippen molar-refractivity contribution in [2.24, 2.45) is 0 Å². The number of nitrogens with two attached hydrogens (primary N) is 1. The molecule has 0 aliphatic carbocycles. The number of ether oxygens (including phenoxy) is 1. The molecule has 16 heavy (non-hydrogen) atoms. The molecule has 2 unspecified atom stereocenters. The molecule has 0 spiro atoms. The van der Waals surface area contributed by atoms with E-state index in [1.54, 1.807) is 4.90 Å². The van der Waals surface area contributed by atoms with Gasteiger partial charge in [0.25, 0.3) is 5.91 Å². The second-order valence-corrected chi connectivity index (χ2v) is 4.01. The van der Waals surface area contributed by atoms with Crippen LogP contribution in [-0.2, 0) is 4.74 Å². The minimum atomic E-state index is -0.189. The number of carbonyl (C=O) groups excluding carboxylic acids is 1. The number of morpholine rings is 1. The summed E-state index contributed by atoms with van der Waals surface area (Å²) in [6.07, 6.45) is 0.0703. The van der Waals surface area contributed by atoms with Gasteiger partial charge in [0.2, 0.25) is 11.8 Å². The van der Waals surface area contributed by atoms with Crippen molar-refractivity contribution in [3.63, 3.8) is 0 Å². The lowest BCUT2D eigenvalue weighted by molar-refractivity contribution is -0.0588. The molecule has 1 saturated heterocycles. The minimum absolute atomic E-state index is 0.0352. The molecular formula is C9H15N5O2. The van der Waals surface area contributed by atoms with Crippen LogP contribution in [0, 0.1) is 0 Å². The van der Waals surface area contributed by atoms with Gasteiger partial charge < -0.3 is 15.4 Å². The third-order valence-corrected chi connectivity index (χ3v) is 2.41. The lowest BCUT2D eigenvalue weighted by Crippen LogP contribution is -2.48. The Kier molecular flexibility index (Phi) is 2.78. The lowest BCUT2D eigenvalue weighted by Gasteiger charge is -2.34. The normalized spacial score (nSPS) is 25.8. The molecule has 1 amide bonds. The number of amides is 1. The number of hydrogen-bond acceptors (Lipinski definition) is 5. The zero-order chi connectivity index (χ0) is 11.7. The zero-order valence-corrected chi connectivity index (χ0v) is 9.30. The summed E-state index contributed by atoms with van der Waals surface area (Å²) in [5.74, 6) is 0.0720. The van der Waals surface area contributed by atoms with E-state index in [9.17, 15) is 4.79 Å². The molecule has 7 heteroatoms. The first-order valence-electron chi connectivity index (χ1n) is 5.19. The summed E-state index contributed by atoms with van der Waals surface area (Å²) in [6, 6.07) is 0. The first kappa shape index (κ1) is 10.9. The van der Waals surface area contributed by atoms with Crippen LogP contribution in [0.25, 0.3) is 0 Å². The van der Waals surface area contributed by atoms with Crippen LogP contribution in [-0.4, -0.2) is 51.3 Å². The number of aromatic nitrogens is 3. The quantitative estimate of drug-likeness (QED) is 0.680. The van der Waals surface area contributed by atoms with E-state index in [2.05, 4.69) is 15.2 Å². The number of carbonyl (C=O) groups is 1. The van der Waals surface area contributed by atoms with Gasteiger partial charge in [0.05, 0.1) is 12.2 Å². The highest BCUT2D eigenvalue weighted by Gasteiger charge is 2.28. The molecule has 2 rings (SSSR count). The molecule has 1 aliphatic heterocycles. The van der Waals surface area contributed by atoms with Crippen molar-refractivity contribution in [1.82, 2.24) is 20.1 Å². The third-order valence-electron chi connectivity index (χ3n) is 2.41. The SMILES string of the molecule is CC1CN(C(=O)c2nc(N)n[nH]2)CC(C)O1. The molecule has 3 N–H and O–H groups in total. The Morgan fingerprint density at radius 3 is 2.62 bits per heavy atom. The maximum atomic E-state index is 12.0. The molecule has 2 atom stereocenters. The number of nitrogen functional groups attached to an aromatic ring is 1. The van der Waals surface area contributed by atoms with E-state index < -0.39 is 0 Å². The highest BCUT2D eigenvalue weighted by Crippen LogP contribution is 2.12. The average Bonchev–Trinajstić information content (AvgIpc) is 2.62. The van der Waals surface area contributed by atoms with Crippen molar-refractivity contribution in [3.05, 3.63) is 5.82 Å². The number of nitrogens with zero attached hydrogens (tertiary/aromatic N) is 3. The number of aromatic amines is 1. The van der Waals surface area contributed by atoms with E-state index in [1.807, 2.05) is 13.8 Å². The van der Waals surface area contributed by atoms with Crippen molar-refractivity contribution in [2.45, 2.75) is 26.1 Å². The van der Waals surface area contributed by atoms with E-state index >= 15 is 0 Å². The molecule has 2 heterocycles. The summed E-state index contributed by atoms with van der Waals surface area (Å²) in [5, 5.41) is 6.15. The van der Waals surface area contributed by atoms with Crippen LogP contribution in [0.15, 0.2) is 0 Å². The van der Waals surface area contributed by atoms with Gasteiger partial charge in [0.1, 0.15) is 0 Å². The molecule has 0 radical (unpaired) electrons. The van der Waals surface area contributed by atoms with Gasteiger partial charge >= 0.3 is 0 Å². The van der Waals surface area contributed by atoms with Gasteiger partial charge in [-0.2, -0.15) is 4.98 Å². The second-order valence-electron chi connectivity index (χ2n) is 4.01. The molecule has 7 nitrogen and oxygen atoms in total. The number of H-pyrrole nitrogens is 1. The first-order chi connectivity index (χ1) is 7.56. The maximum absolute atomic E-state index is 12.0. The minimum Gasteiger partial charge on any atom is -0.372 e. The van der Waals surface area contributed by atoms with Gasteiger partial charge in [-0.25, -0.2) is 0 Å². The molecule has 1 aromatic heterocycles. The molecule has 1 aliphatic rings. The van der Waals surface area contributed by atoms with Gasteiger partial charge in [-0.05, 0) is 13.8 Å². The number of rotatable bonds is 1. The fraction of sp³-hybridized carbons (Fsp3) is 0.667. The maximum Gasteiger partial charge on any atom is 0.291 e. The van der Waals surface area contributed by atoms with Gasteiger partial charge in [-0.1, -0.05) is 0 Å². The first-order valence-corrected chi connectivity index (χ1v) is 5.19. The Morgan fingerprint density at radius 1 is 1.50 bits per heavy atom. The van der Waals surface area contributed by atoms with Crippen molar-refractivity contribution in [2.75, 3.05) is 18.8 Å². The van der Waals surface area contributed by atoms with Gasteiger partial charge in [-0.3, -0.25) is 9.89 Å². The van der Waals surface area contributed by atoms with Gasteiger partial charge in [-0.15, -0.1) is 5.10 Å². The Labute approximate surface area is 93.0 Å². The molecule has 88 valence electrons. The van der Waals surface area contributed by atoms with Crippen molar-refractivity contribution in [1.29, 1.82) is 0 Å². The standard InChI is InChI=1S/C9H15N5O2/c1-5-3-14(4-6(2)16-5)8(15)7-11-9(10)13-12-7/h5-6H,3-4H2,1-2H3,(H3,10,11,12,13). The van der Waals surface area contributed by atoms with Gasteiger partial charge in [0.15, 0.2) is 0 Å². The fourth-order valence-electron chi connectivity index (χ4n) is 1.86. The predicted octanol–water partition coefficient (Wildman–Crippen LogP) is -0.364. The van der Waals surface area contributed by atoms with E-state index in [0.717, 1.165) is 0 Å². The van der Waals surface area contributed by atoms with Crippen LogP contribution in [0.1, 0.15) is 24.5 Å². The molecule has 1 aromatic rings. The smallest absolute Gasteiger partial charge is 0.291 e. The Hall–Kier alpha value is -1.63. The van der Waals surface area contributed by atoms with E-state index in [0.29, 0.717) is 13.1 Å².